The molecule has 0 bridgehead atoms. The Morgan fingerprint density at radius 3 is 2.94 bits per heavy atom. The summed E-state index contributed by atoms with van der Waals surface area (Å²) in [6, 6.07) is 5.38. The summed E-state index contributed by atoms with van der Waals surface area (Å²) in [4.78, 5) is 20.5. The number of hydrogen-bond donors (Lipinski definition) is 1. The van der Waals surface area contributed by atoms with Gasteiger partial charge in [-0.1, -0.05) is 0 Å². The number of hydrogen-bond acceptors (Lipinski definition) is 4. The van der Waals surface area contributed by atoms with E-state index in [-0.39, 0.29) is 5.56 Å². The van der Waals surface area contributed by atoms with Gasteiger partial charge in [-0.15, -0.1) is 0 Å². The first kappa shape index (κ1) is 12.8. The molecule has 2 aromatic rings. The summed E-state index contributed by atoms with van der Waals surface area (Å²) < 4.78 is 2.10. The summed E-state index contributed by atoms with van der Waals surface area (Å²) in [6.07, 6.45) is 1.72. The number of nitrogens with one attached hydrogen (secondary N) is 1. The summed E-state index contributed by atoms with van der Waals surface area (Å²) in [5.41, 5.74) is 0.779. The van der Waals surface area contributed by atoms with E-state index in [0.717, 1.165) is 11.5 Å². The first-order valence-electron chi connectivity index (χ1n) is 5.47. The van der Waals surface area contributed by atoms with Crippen molar-refractivity contribution < 1.29 is 0 Å². The van der Waals surface area contributed by atoms with Gasteiger partial charge in [0.2, 0.25) is 0 Å². The van der Waals surface area contributed by atoms with Crippen molar-refractivity contribution in [3.63, 3.8) is 0 Å². The van der Waals surface area contributed by atoms with Crippen LogP contribution in [0.1, 0.15) is 11.5 Å². The highest BCUT2D eigenvalue weighted by atomic mass is 79.9. The van der Waals surface area contributed by atoms with E-state index in [1.54, 1.807) is 29.9 Å². The zero-order valence-corrected chi connectivity index (χ0v) is 11.7. The van der Waals surface area contributed by atoms with Crippen LogP contribution in [0.5, 0.6) is 0 Å². The van der Waals surface area contributed by atoms with Crippen molar-refractivity contribution in [3.05, 3.63) is 50.7 Å². The van der Waals surface area contributed by atoms with E-state index in [9.17, 15) is 4.79 Å². The predicted octanol–water partition coefficient (Wildman–Crippen LogP) is 1.80. The number of aromatic nitrogens is 3. The van der Waals surface area contributed by atoms with Crippen molar-refractivity contribution in [1.82, 2.24) is 14.5 Å². The molecule has 0 unspecified atom stereocenters. The Morgan fingerprint density at radius 1 is 1.44 bits per heavy atom. The van der Waals surface area contributed by atoms with Gasteiger partial charge in [-0.2, -0.15) is 0 Å². The molecule has 0 saturated carbocycles. The maximum atomic E-state index is 11.9. The summed E-state index contributed by atoms with van der Waals surface area (Å²) in [5, 5.41) is 2.97. The van der Waals surface area contributed by atoms with Crippen LogP contribution < -0.4 is 10.9 Å². The van der Waals surface area contributed by atoms with Gasteiger partial charge in [-0.25, -0.2) is 9.97 Å². The van der Waals surface area contributed by atoms with E-state index in [4.69, 9.17) is 0 Å². The Kier molecular flexibility index (Phi) is 3.76. The van der Waals surface area contributed by atoms with Crippen LogP contribution >= 0.6 is 15.9 Å². The highest BCUT2D eigenvalue weighted by Crippen LogP contribution is 2.07. The fourth-order valence-electron chi connectivity index (χ4n) is 1.61. The Labute approximate surface area is 113 Å². The minimum atomic E-state index is -0.0892. The molecule has 94 valence electrons. The third kappa shape index (κ3) is 2.76. The smallest absolute Gasteiger partial charge is 0.265 e. The van der Waals surface area contributed by atoms with Crippen LogP contribution in [0.15, 0.2) is 33.7 Å². The molecule has 0 atom stereocenters. The SMILES string of the molecule is CNc1cc(C)nc(Cn2cccc(Br)c2=O)n1. The molecule has 2 heterocycles. The average molecular weight is 309 g/mol. The minimum absolute atomic E-state index is 0.0892. The lowest BCUT2D eigenvalue weighted by atomic mass is 10.4. The molecular formula is C12H13BrN4O. The summed E-state index contributed by atoms with van der Waals surface area (Å²) in [6.45, 7) is 2.25. The molecule has 0 aliphatic carbocycles. The zero-order chi connectivity index (χ0) is 13.1. The highest BCUT2D eigenvalue weighted by Gasteiger charge is 2.05. The van der Waals surface area contributed by atoms with Gasteiger partial charge in [0.05, 0.1) is 11.0 Å². The molecule has 1 N–H and O–H groups in total. The maximum Gasteiger partial charge on any atom is 0.265 e. The third-order valence-corrected chi connectivity index (χ3v) is 3.05. The van der Waals surface area contributed by atoms with Crippen LogP contribution in [0.3, 0.4) is 0 Å². The fraction of sp³-hybridized carbons (Fsp3) is 0.250. The van der Waals surface area contributed by atoms with Gasteiger partial charge in [0, 0.05) is 25.0 Å². The normalized spacial score (nSPS) is 10.4. The molecule has 0 aliphatic heterocycles. The summed E-state index contributed by atoms with van der Waals surface area (Å²) in [5.74, 6) is 1.36. The van der Waals surface area contributed by atoms with E-state index >= 15 is 0 Å². The second-order valence-corrected chi connectivity index (χ2v) is 4.70. The zero-order valence-electron chi connectivity index (χ0n) is 10.1. The number of anilines is 1. The van der Waals surface area contributed by atoms with Crippen molar-refractivity contribution in [1.29, 1.82) is 0 Å². The standard InChI is InChI=1S/C12H13BrN4O/c1-8-6-10(14-2)16-11(15-8)7-17-5-3-4-9(13)12(17)18/h3-6H,7H2,1-2H3,(H,14,15,16). The van der Waals surface area contributed by atoms with Crippen LogP contribution in [0.25, 0.3) is 0 Å². The molecule has 0 aromatic carbocycles. The quantitative estimate of drug-likeness (QED) is 0.939. The maximum absolute atomic E-state index is 11.9. The molecular weight excluding hydrogens is 296 g/mol. The Hall–Kier alpha value is -1.69. The Morgan fingerprint density at radius 2 is 2.22 bits per heavy atom. The number of rotatable bonds is 3. The number of halogens is 1. The monoisotopic (exact) mass is 308 g/mol. The van der Waals surface area contributed by atoms with E-state index in [0.29, 0.717) is 16.8 Å². The van der Waals surface area contributed by atoms with Crippen LogP contribution in [-0.2, 0) is 6.54 Å². The third-order valence-electron chi connectivity index (χ3n) is 2.44. The molecule has 18 heavy (non-hydrogen) atoms. The molecule has 0 aliphatic rings. The fourth-order valence-corrected chi connectivity index (χ4v) is 1.99. The van der Waals surface area contributed by atoms with Crippen LogP contribution in [0, 0.1) is 6.92 Å². The van der Waals surface area contributed by atoms with Crippen molar-refractivity contribution in [2.75, 3.05) is 12.4 Å². The van der Waals surface area contributed by atoms with Crippen LogP contribution in [-0.4, -0.2) is 21.6 Å². The molecule has 6 heteroatoms. The Balaban J connectivity index is 2.37. The largest absolute Gasteiger partial charge is 0.373 e. The topological polar surface area (TPSA) is 59.8 Å². The lowest BCUT2D eigenvalue weighted by molar-refractivity contribution is 0.708. The van der Waals surface area contributed by atoms with Gasteiger partial charge in [-0.3, -0.25) is 4.79 Å². The molecule has 0 saturated heterocycles. The number of aryl methyl sites for hydroxylation is 1. The average Bonchev–Trinajstić information content (AvgIpc) is 2.34. The van der Waals surface area contributed by atoms with Crippen LogP contribution in [0.4, 0.5) is 5.82 Å². The highest BCUT2D eigenvalue weighted by molar-refractivity contribution is 9.10. The molecule has 5 nitrogen and oxygen atoms in total. The van der Waals surface area contributed by atoms with Crippen molar-refractivity contribution in [3.8, 4) is 0 Å². The van der Waals surface area contributed by atoms with E-state index in [1.807, 2.05) is 13.0 Å². The first-order valence-corrected chi connectivity index (χ1v) is 6.26. The first-order chi connectivity index (χ1) is 8.60. The molecule has 0 radical (unpaired) electrons. The molecule has 2 rings (SSSR count). The summed E-state index contributed by atoms with van der Waals surface area (Å²) in [7, 11) is 1.80. The van der Waals surface area contributed by atoms with Gasteiger partial charge in [0.25, 0.3) is 5.56 Å². The molecule has 2 aromatic heterocycles. The lowest BCUT2D eigenvalue weighted by Crippen LogP contribution is -2.21. The molecule has 0 amide bonds. The van der Waals surface area contributed by atoms with Crippen molar-refractivity contribution >= 4 is 21.7 Å². The van der Waals surface area contributed by atoms with E-state index in [2.05, 4.69) is 31.2 Å². The van der Waals surface area contributed by atoms with Gasteiger partial charge in [0.15, 0.2) is 5.82 Å². The Bertz CT molecular complexity index is 624. The van der Waals surface area contributed by atoms with Gasteiger partial charge in [-0.05, 0) is 35.0 Å². The second-order valence-electron chi connectivity index (χ2n) is 3.85. The molecule has 0 fully saturated rings. The van der Waals surface area contributed by atoms with E-state index in [1.165, 1.54) is 0 Å². The minimum Gasteiger partial charge on any atom is -0.373 e. The predicted molar refractivity (Wildman–Crippen MR) is 73.8 cm³/mol. The van der Waals surface area contributed by atoms with E-state index < -0.39 is 0 Å². The molecule has 0 spiro atoms. The van der Waals surface area contributed by atoms with Crippen molar-refractivity contribution in [2.24, 2.45) is 0 Å². The summed E-state index contributed by atoms with van der Waals surface area (Å²) >= 11 is 3.22. The number of nitrogens with zero attached hydrogens (tertiary/aromatic N) is 3. The second kappa shape index (κ2) is 5.30. The van der Waals surface area contributed by atoms with Crippen LogP contribution in [0.2, 0.25) is 0 Å². The van der Waals surface area contributed by atoms with Gasteiger partial charge in [0.1, 0.15) is 5.82 Å². The number of pyridine rings is 1. The van der Waals surface area contributed by atoms with Gasteiger partial charge >= 0.3 is 0 Å². The van der Waals surface area contributed by atoms with Gasteiger partial charge < -0.3 is 9.88 Å². The lowest BCUT2D eigenvalue weighted by Gasteiger charge is -2.07. The van der Waals surface area contributed by atoms with Crippen molar-refractivity contribution in [2.45, 2.75) is 13.5 Å².